The molecule has 0 aromatic carbocycles. The Morgan fingerprint density at radius 3 is 1.15 bits per heavy atom. The maximum Gasteiger partial charge on any atom is 0.306 e. The van der Waals surface area contributed by atoms with Gasteiger partial charge in [-0.3, -0.25) is 14.4 Å². The monoisotopic (exact) mass is 835 g/mol. The minimum atomic E-state index is -0.862. The van der Waals surface area contributed by atoms with Gasteiger partial charge in [-0.05, 0) is 89.9 Å². The highest BCUT2D eigenvalue weighted by atomic mass is 16.6. The lowest BCUT2D eigenvalue weighted by atomic mass is 10.1. The van der Waals surface area contributed by atoms with Crippen molar-refractivity contribution >= 4 is 17.9 Å². The fourth-order valence-corrected chi connectivity index (χ4v) is 5.10. The molecule has 61 heavy (non-hydrogen) atoms. The number of hydrogen-bond acceptors (Lipinski definition) is 6. The Bertz CT molecular complexity index is 1520. The van der Waals surface area contributed by atoms with E-state index >= 15 is 0 Å². The Hall–Kier alpha value is -5.23. The van der Waals surface area contributed by atoms with Crippen molar-refractivity contribution in [2.24, 2.45) is 0 Å². The van der Waals surface area contributed by atoms with Crippen LogP contribution >= 0.6 is 0 Å². The zero-order valence-corrected chi connectivity index (χ0v) is 37.8. The molecule has 0 radical (unpaired) electrons. The van der Waals surface area contributed by atoms with Gasteiger partial charge in [0.25, 0.3) is 0 Å². The molecule has 0 saturated carbocycles. The molecule has 1 atom stereocenters. The largest absolute Gasteiger partial charge is 0.462 e. The highest BCUT2D eigenvalue weighted by Gasteiger charge is 2.19. The summed E-state index contributed by atoms with van der Waals surface area (Å²) in [6.45, 7) is 6.03. The van der Waals surface area contributed by atoms with Crippen LogP contribution in [-0.4, -0.2) is 37.2 Å². The first kappa shape index (κ1) is 55.8. The summed E-state index contributed by atoms with van der Waals surface area (Å²) in [6.07, 6.45) is 70.6. The smallest absolute Gasteiger partial charge is 0.306 e. The molecule has 0 aromatic rings. The zero-order valence-electron chi connectivity index (χ0n) is 37.8. The fourth-order valence-electron chi connectivity index (χ4n) is 5.10. The molecule has 0 fully saturated rings. The highest BCUT2D eigenvalue weighted by molar-refractivity contribution is 5.71. The van der Waals surface area contributed by atoms with Crippen LogP contribution in [0.25, 0.3) is 0 Å². The summed E-state index contributed by atoms with van der Waals surface area (Å²) < 4.78 is 16.6. The zero-order chi connectivity index (χ0) is 44.4. The molecule has 0 aliphatic heterocycles. The van der Waals surface area contributed by atoms with E-state index in [-0.39, 0.29) is 44.4 Å². The van der Waals surface area contributed by atoms with Crippen LogP contribution in [0, 0.1) is 0 Å². The maximum atomic E-state index is 12.7. The van der Waals surface area contributed by atoms with Gasteiger partial charge >= 0.3 is 17.9 Å². The molecule has 6 nitrogen and oxygen atoms in total. The molecular formula is C55H78O6. The second-order valence-electron chi connectivity index (χ2n) is 14.0. The quantitative estimate of drug-likeness (QED) is 0.0204. The van der Waals surface area contributed by atoms with Crippen LogP contribution in [0.2, 0.25) is 0 Å². The highest BCUT2D eigenvalue weighted by Crippen LogP contribution is 2.09. The molecule has 0 spiro atoms. The summed E-state index contributed by atoms with van der Waals surface area (Å²) in [7, 11) is 0. The number of ether oxygens (including phenoxy) is 3. The van der Waals surface area contributed by atoms with Crippen LogP contribution in [0.1, 0.15) is 136 Å². The average Bonchev–Trinajstić information content (AvgIpc) is 3.26. The van der Waals surface area contributed by atoms with Gasteiger partial charge in [0.2, 0.25) is 0 Å². The van der Waals surface area contributed by atoms with Crippen LogP contribution in [0.4, 0.5) is 0 Å². The molecule has 0 N–H and O–H groups in total. The lowest BCUT2D eigenvalue weighted by Gasteiger charge is -2.18. The van der Waals surface area contributed by atoms with Crippen molar-refractivity contribution in [3.05, 3.63) is 170 Å². The van der Waals surface area contributed by atoms with E-state index in [1.165, 1.54) is 0 Å². The topological polar surface area (TPSA) is 78.9 Å². The Kier molecular flexibility index (Phi) is 43.4. The number of allylic oxidation sites excluding steroid dienone is 28. The molecule has 0 amide bonds. The third-order valence-corrected chi connectivity index (χ3v) is 8.42. The van der Waals surface area contributed by atoms with E-state index in [0.29, 0.717) is 25.7 Å². The van der Waals surface area contributed by atoms with E-state index in [1.54, 1.807) is 0 Å². The molecule has 0 rings (SSSR count). The third kappa shape index (κ3) is 45.7. The minimum absolute atomic E-state index is 0.155. The van der Waals surface area contributed by atoms with Gasteiger partial charge in [-0.15, -0.1) is 0 Å². The van der Waals surface area contributed by atoms with Crippen LogP contribution in [-0.2, 0) is 28.6 Å². The van der Waals surface area contributed by atoms with Gasteiger partial charge < -0.3 is 14.2 Å². The average molecular weight is 835 g/mol. The summed E-state index contributed by atoms with van der Waals surface area (Å²) in [5.74, 6) is -1.15. The van der Waals surface area contributed by atoms with Gasteiger partial charge in [0.05, 0.1) is 0 Å². The molecule has 0 saturated heterocycles. The SMILES string of the molecule is CC/C=C/C=C/C=C/C=C/C=C/CCCC(=O)OC(COC(=O)CCC/C=C/C/C=C/C/C=C/C/C=C/C/C=C/CC)COC(=O)CCCCC/C=C/C=C/C=C/C=C/CC. The van der Waals surface area contributed by atoms with E-state index in [2.05, 4.69) is 99.8 Å². The number of hydrogen-bond donors (Lipinski definition) is 0. The van der Waals surface area contributed by atoms with Gasteiger partial charge in [0.15, 0.2) is 6.10 Å². The molecular weight excluding hydrogens is 757 g/mol. The van der Waals surface area contributed by atoms with Crippen molar-refractivity contribution in [1.29, 1.82) is 0 Å². The Morgan fingerprint density at radius 1 is 0.344 bits per heavy atom. The lowest BCUT2D eigenvalue weighted by molar-refractivity contribution is -0.167. The van der Waals surface area contributed by atoms with E-state index in [1.807, 2.05) is 91.1 Å². The Morgan fingerprint density at radius 2 is 0.689 bits per heavy atom. The van der Waals surface area contributed by atoms with E-state index in [0.717, 1.165) is 70.6 Å². The van der Waals surface area contributed by atoms with Crippen molar-refractivity contribution in [3.63, 3.8) is 0 Å². The van der Waals surface area contributed by atoms with Crippen molar-refractivity contribution in [1.82, 2.24) is 0 Å². The molecule has 334 valence electrons. The third-order valence-electron chi connectivity index (χ3n) is 8.42. The fraction of sp³-hybridized carbons (Fsp3) is 0.436. The summed E-state index contributed by atoms with van der Waals surface area (Å²) in [5.41, 5.74) is 0. The van der Waals surface area contributed by atoms with Crippen LogP contribution in [0.15, 0.2) is 170 Å². The van der Waals surface area contributed by atoms with Crippen molar-refractivity contribution in [2.75, 3.05) is 13.2 Å². The van der Waals surface area contributed by atoms with Gasteiger partial charge in [0, 0.05) is 19.3 Å². The number of unbranched alkanes of at least 4 members (excludes halogenated alkanes) is 5. The minimum Gasteiger partial charge on any atom is -0.462 e. The normalized spacial score (nSPS) is 13.7. The maximum absolute atomic E-state index is 12.7. The molecule has 0 aromatic heterocycles. The van der Waals surface area contributed by atoms with Crippen LogP contribution < -0.4 is 0 Å². The van der Waals surface area contributed by atoms with Gasteiger partial charge in [-0.1, -0.05) is 197 Å². The van der Waals surface area contributed by atoms with Crippen molar-refractivity contribution in [3.8, 4) is 0 Å². The first-order chi connectivity index (χ1) is 30.0. The summed E-state index contributed by atoms with van der Waals surface area (Å²) >= 11 is 0. The van der Waals surface area contributed by atoms with Gasteiger partial charge in [-0.25, -0.2) is 0 Å². The summed E-state index contributed by atoms with van der Waals surface area (Å²) in [4.78, 5) is 37.8. The molecule has 1 unspecified atom stereocenters. The van der Waals surface area contributed by atoms with Gasteiger partial charge in [-0.2, -0.15) is 0 Å². The van der Waals surface area contributed by atoms with E-state index in [9.17, 15) is 14.4 Å². The van der Waals surface area contributed by atoms with Crippen LogP contribution in [0.3, 0.4) is 0 Å². The van der Waals surface area contributed by atoms with Crippen molar-refractivity contribution in [2.45, 2.75) is 142 Å². The molecule has 6 heteroatoms. The first-order valence-electron chi connectivity index (χ1n) is 22.8. The predicted octanol–water partition coefficient (Wildman–Crippen LogP) is 14.9. The lowest BCUT2D eigenvalue weighted by Crippen LogP contribution is -2.30. The number of esters is 3. The Labute approximate surface area is 371 Å². The number of rotatable bonds is 37. The molecule has 0 aliphatic rings. The number of carbonyl (C=O) groups is 3. The summed E-state index contributed by atoms with van der Waals surface area (Å²) in [6, 6.07) is 0. The van der Waals surface area contributed by atoms with Crippen molar-refractivity contribution < 1.29 is 28.6 Å². The predicted molar refractivity (Wildman–Crippen MR) is 260 cm³/mol. The molecule has 0 bridgehead atoms. The van der Waals surface area contributed by atoms with Gasteiger partial charge in [0.1, 0.15) is 13.2 Å². The Balaban J connectivity index is 4.70. The number of carbonyl (C=O) groups excluding carboxylic acids is 3. The van der Waals surface area contributed by atoms with E-state index < -0.39 is 12.1 Å². The standard InChI is InChI=1S/C55H78O6/c1-4-7-10-13-16-19-22-25-26-27-28-31-33-36-39-42-45-48-54(57)60-51-52(61-55(58)49-46-43-40-37-34-30-24-21-18-15-12-9-6-3)50-59-53(56)47-44-41-38-35-32-29-23-20-17-14-11-8-5-2/h7-12,14-21,23-26,28-32,34,36-37,39-40,52H,4-6,13,22,27,33,35,38,41-51H2,1-3H3/b10-7+,11-8+,12-9+,17-14+,18-15+,19-16+,23-20+,24-21+,26-25+,31-28+,32-29+,34-30+,39-36+,40-37+. The van der Waals surface area contributed by atoms with Crippen LogP contribution in [0.5, 0.6) is 0 Å². The van der Waals surface area contributed by atoms with E-state index in [4.69, 9.17) is 14.2 Å². The molecule has 0 aliphatic carbocycles. The second-order valence-corrected chi connectivity index (χ2v) is 14.0. The summed E-state index contributed by atoms with van der Waals surface area (Å²) in [5, 5.41) is 0. The molecule has 0 heterocycles. The first-order valence-corrected chi connectivity index (χ1v) is 22.8. The second kappa shape index (κ2) is 47.4.